The lowest BCUT2D eigenvalue weighted by Gasteiger charge is -2.40. The Bertz CT molecular complexity index is 983. The quantitative estimate of drug-likeness (QED) is 0.353. The molecule has 1 aliphatic carbocycles. The minimum Gasteiger partial charge on any atom is -0.458 e. The smallest absolute Gasteiger partial charge is 0.334 e. The fourth-order valence-corrected chi connectivity index (χ4v) is 4.54. The molecule has 2 bridgehead atoms. The zero-order chi connectivity index (χ0) is 24.7. The third-order valence-corrected chi connectivity index (χ3v) is 6.75. The number of rotatable bonds is 3. The summed E-state index contributed by atoms with van der Waals surface area (Å²) in [5.74, 6) is -1.45. The van der Waals surface area contributed by atoms with Gasteiger partial charge in [0, 0.05) is 24.0 Å². The summed E-state index contributed by atoms with van der Waals surface area (Å²) in [6.45, 7) is 9.77. The number of ether oxygens (including phenoxy) is 2. The van der Waals surface area contributed by atoms with Crippen LogP contribution in [0.3, 0.4) is 0 Å². The Kier molecular flexibility index (Phi) is 8.67. The number of aliphatic hydroxyl groups is 1. The Morgan fingerprint density at radius 2 is 1.88 bits per heavy atom. The average molecular weight is 465 g/mol. The zero-order valence-electron chi connectivity index (χ0n) is 20.5. The number of hydrogen-bond donors (Lipinski definition) is 1. The van der Waals surface area contributed by atoms with Gasteiger partial charge in [0.25, 0.3) is 0 Å². The fourth-order valence-electron chi connectivity index (χ4n) is 4.54. The second kappa shape index (κ2) is 11.5. The third-order valence-electron chi connectivity index (χ3n) is 6.75. The highest BCUT2D eigenvalue weighted by Crippen LogP contribution is 2.37. The van der Waals surface area contributed by atoms with Gasteiger partial charge in [-0.15, -0.1) is 0 Å². The van der Waals surface area contributed by atoms with Crippen LogP contribution >= 0.6 is 0 Å². The zero-order valence-corrected chi connectivity index (χ0v) is 20.5. The second-order valence-electron chi connectivity index (χ2n) is 9.72. The summed E-state index contributed by atoms with van der Waals surface area (Å²) in [5.41, 5.74) is 2.34. The van der Waals surface area contributed by atoms with Crippen LogP contribution in [0.4, 0.5) is 0 Å². The van der Waals surface area contributed by atoms with Gasteiger partial charge in [-0.2, -0.15) is 0 Å². The van der Waals surface area contributed by atoms with Gasteiger partial charge in [-0.25, -0.2) is 9.59 Å². The van der Waals surface area contributed by atoms with Crippen LogP contribution in [0.25, 0.3) is 6.08 Å². The SMILES string of the molecule is C=C1C(=O)OC2CC1C(OC(=O)/C=C/c1ccccc1)C/C(C)=C/CC/C(C)=C/CCC2(C)O. The van der Waals surface area contributed by atoms with Crippen LogP contribution < -0.4 is 0 Å². The summed E-state index contributed by atoms with van der Waals surface area (Å²) in [6, 6.07) is 9.52. The molecule has 1 aliphatic heterocycles. The number of benzene rings is 1. The minimum absolute atomic E-state index is 0.285. The van der Waals surface area contributed by atoms with E-state index < -0.39 is 35.7 Å². The van der Waals surface area contributed by atoms with E-state index in [0.717, 1.165) is 24.0 Å². The van der Waals surface area contributed by atoms with Crippen molar-refractivity contribution in [3.63, 3.8) is 0 Å². The normalized spacial score (nSPS) is 32.1. The molecule has 5 heteroatoms. The predicted molar refractivity (Wildman–Crippen MR) is 134 cm³/mol. The molecule has 0 aromatic heterocycles. The van der Waals surface area contributed by atoms with Crippen LogP contribution in [0.15, 0.2) is 71.9 Å². The molecule has 4 atom stereocenters. The number of fused-ring (bicyclic) bond motifs is 2. The molecule has 5 nitrogen and oxygen atoms in total. The molecule has 0 spiro atoms. The molecule has 1 aromatic carbocycles. The van der Waals surface area contributed by atoms with Crippen LogP contribution in [0.1, 0.15) is 64.9 Å². The monoisotopic (exact) mass is 464 g/mol. The minimum atomic E-state index is -1.19. The molecular weight excluding hydrogens is 428 g/mol. The summed E-state index contributed by atoms with van der Waals surface area (Å²) in [5, 5.41) is 11.2. The van der Waals surface area contributed by atoms with Crippen LogP contribution in [0.2, 0.25) is 0 Å². The van der Waals surface area contributed by atoms with Crippen molar-refractivity contribution in [3.05, 3.63) is 77.4 Å². The van der Waals surface area contributed by atoms with E-state index in [1.807, 2.05) is 37.3 Å². The molecule has 0 radical (unpaired) electrons. The largest absolute Gasteiger partial charge is 0.458 e. The summed E-state index contributed by atoms with van der Waals surface area (Å²) in [7, 11) is 0. The van der Waals surface area contributed by atoms with Crippen molar-refractivity contribution >= 4 is 18.0 Å². The highest BCUT2D eigenvalue weighted by Gasteiger charge is 2.45. The molecule has 0 saturated carbocycles. The Hall–Kier alpha value is -2.92. The van der Waals surface area contributed by atoms with Gasteiger partial charge in [0.1, 0.15) is 12.2 Å². The summed E-state index contributed by atoms with van der Waals surface area (Å²) in [6.07, 6.45) is 9.98. The van der Waals surface area contributed by atoms with Crippen LogP contribution in [-0.2, 0) is 19.1 Å². The lowest BCUT2D eigenvalue weighted by atomic mass is 9.78. The van der Waals surface area contributed by atoms with Crippen LogP contribution in [-0.4, -0.2) is 34.9 Å². The maximum Gasteiger partial charge on any atom is 0.334 e. The summed E-state index contributed by atoms with van der Waals surface area (Å²) >= 11 is 0. The van der Waals surface area contributed by atoms with Crippen LogP contribution in [0, 0.1) is 5.92 Å². The van der Waals surface area contributed by atoms with Crippen molar-refractivity contribution in [2.24, 2.45) is 5.92 Å². The molecule has 0 amide bonds. The van der Waals surface area contributed by atoms with E-state index in [4.69, 9.17) is 9.47 Å². The van der Waals surface area contributed by atoms with Crippen molar-refractivity contribution in [1.29, 1.82) is 0 Å². The van der Waals surface area contributed by atoms with Crippen molar-refractivity contribution in [3.8, 4) is 0 Å². The molecule has 1 fully saturated rings. The van der Waals surface area contributed by atoms with E-state index in [-0.39, 0.29) is 5.57 Å². The molecular formula is C29H36O5. The number of carbonyl (C=O) groups excluding carboxylic acids is 2. The van der Waals surface area contributed by atoms with E-state index >= 15 is 0 Å². The topological polar surface area (TPSA) is 72.8 Å². The molecule has 4 unspecified atom stereocenters. The van der Waals surface area contributed by atoms with Gasteiger partial charge in [0.15, 0.2) is 0 Å². The lowest BCUT2D eigenvalue weighted by Crippen LogP contribution is -2.49. The van der Waals surface area contributed by atoms with E-state index in [1.54, 1.807) is 13.0 Å². The Labute approximate surface area is 202 Å². The lowest BCUT2D eigenvalue weighted by molar-refractivity contribution is -0.173. The average Bonchev–Trinajstić information content (AvgIpc) is 2.79. The Morgan fingerprint density at radius 1 is 1.18 bits per heavy atom. The molecule has 2 aliphatic rings. The van der Waals surface area contributed by atoms with E-state index in [2.05, 4.69) is 25.7 Å². The number of esters is 2. The molecule has 1 saturated heterocycles. The molecule has 182 valence electrons. The fraction of sp³-hybridized carbons (Fsp3) is 0.448. The third kappa shape index (κ3) is 7.04. The van der Waals surface area contributed by atoms with Crippen molar-refractivity contribution < 1.29 is 24.2 Å². The van der Waals surface area contributed by atoms with E-state index in [1.165, 1.54) is 11.6 Å². The van der Waals surface area contributed by atoms with Gasteiger partial charge in [-0.3, -0.25) is 0 Å². The van der Waals surface area contributed by atoms with Gasteiger partial charge in [0.05, 0.1) is 5.60 Å². The van der Waals surface area contributed by atoms with Crippen molar-refractivity contribution in [1.82, 2.24) is 0 Å². The first-order valence-corrected chi connectivity index (χ1v) is 12.0. The first-order chi connectivity index (χ1) is 16.2. The molecule has 1 aromatic rings. The number of allylic oxidation sites excluding steroid dienone is 3. The summed E-state index contributed by atoms with van der Waals surface area (Å²) in [4.78, 5) is 25.5. The summed E-state index contributed by atoms with van der Waals surface area (Å²) < 4.78 is 11.5. The van der Waals surface area contributed by atoms with Gasteiger partial charge >= 0.3 is 11.9 Å². The maximum absolute atomic E-state index is 12.8. The van der Waals surface area contributed by atoms with Crippen molar-refractivity contribution in [2.75, 3.05) is 0 Å². The second-order valence-corrected chi connectivity index (χ2v) is 9.72. The number of carbonyl (C=O) groups is 2. The maximum atomic E-state index is 12.8. The molecule has 34 heavy (non-hydrogen) atoms. The standard InChI is InChI=1S/C29H36O5/c1-20-10-8-11-21(2)18-25(33-27(30)16-15-23-13-6-5-7-14-23)24-19-26(34-28(31)22(24)3)29(4,32)17-9-12-20/h5-7,11-16,24-26,32H,3,8-10,17-19H2,1-2,4H3/b16-15+,20-12+,21-11+. The molecule has 1 N–H and O–H groups in total. The first-order valence-electron chi connectivity index (χ1n) is 12.0. The van der Waals surface area contributed by atoms with Gasteiger partial charge in [-0.05, 0) is 64.5 Å². The first kappa shape index (κ1) is 25.7. The highest BCUT2D eigenvalue weighted by molar-refractivity contribution is 5.90. The molecule has 3 rings (SSSR count). The van der Waals surface area contributed by atoms with Crippen LogP contribution in [0.5, 0.6) is 0 Å². The van der Waals surface area contributed by atoms with Crippen molar-refractivity contribution in [2.45, 2.75) is 77.1 Å². The molecule has 1 heterocycles. The Morgan fingerprint density at radius 3 is 2.62 bits per heavy atom. The van der Waals surface area contributed by atoms with Gasteiger partial charge < -0.3 is 14.6 Å². The predicted octanol–water partition coefficient (Wildman–Crippen LogP) is 5.71. The van der Waals surface area contributed by atoms with Gasteiger partial charge in [0.2, 0.25) is 0 Å². The highest BCUT2D eigenvalue weighted by atomic mass is 16.6. The van der Waals surface area contributed by atoms with Gasteiger partial charge in [-0.1, -0.05) is 60.2 Å². The van der Waals surface area contributed by atoms with E-state index in [9.17, 15) is 14.7 Å². The number of hydrogen-bond acceptors (Lipinski definition) is 5. The van der Waals surface area contributed by atoms with E-state index in [0.29, 0.717) is 25.7 Å². The Balaban J connectivity index is 1.88.